The molecular formula is C32H57NO10. The van der Waals surface area contributed by atoms with Crippen molar-refractivity contribution in [1.29, 1.82) is 0 Å². The monoisotopic (exact) mass is 615 g/mol. The molecule has 3 atom stereocenters. The molecular weight excluding hydrogens is 558 g/mol. The average Bonchev–Trinajstić information content (AvgIpc) is 2.93. The van der Waals surface area contributed by atoms with E-state index in [9.17, 15) is 39.3 Å². The summed E-state index contributed by atoms with van der Waals surface area (Å²) in [5.74, 6) is -5.17. The van der Waals surface area contributed by atoms with Gasteiger partial charge in [-0.05, 0) is 44.9 Å². The molecule has 0 fully saturated rings. The maximum atomic E-state index is 11.6. The van der Waals surface area contributed by atoms with Crippen molar-refractivity contribution in [3.8, 4) is 0 Å². The number of hydrogen-bond acceptors (Lipinski definition) is 5. The fraction of sp³-hybridized carbons (Fsp3) is 0.844. The third-order valence-corrected chi connectivity index (χ3v) is 8.22. The topological polar surface area (TPSA) is 199 Å². The number of carboxylic acid groups (broad SMARTS) is 5. The number of carboxylic acids is 4. The van der Waals surface area contributed by atoms with Gasteiger partial charge < -0.3 is 30.8 Å². The molecule has 250 valence electrons. The highest BCUT2D eigenvalue weighted by Crippen LogP contribution is 2.23. The lowest BCUT2D eigenvalue weighted by Crippen LogP contribution is -2.21. The summed E-state index contributed by atoms with van der Waals surface area (Å²) in [7, 11) is 0. The van der Waals surface area contributed by atoms with Gasteiger partial charge >= 0.3 is 30.0 Å². The Morgan fingerprint density at radius 2 is 0.698 bits per heavy atom. The summed E-state index contributed by atoms with van der Waals surface area (Å²) >= 11 is 0. The Morgan fingerprint density at radius 3 is 1.02 bits per heavy atom. The van der Waals surface area contributed by atoms with E-state index >= 15 is 0 Å². The molecule has 0 rings (SSSR count). The molecule has 0 aliphatic rings. The van der Waals surface area contributed by atoms with E-state index in [4.69, 9.17) is 10.2 Å². The lowest BCUT2D eigenvalue weighted by Gasteiger charge is -2.15. The summed E-state index contributed by atoms with van der Waals surface area (Å²) in [6.45, 7) is 0.407. The number of hydrogen-bond donors (Lipinski definition) is 6. The third kappa shape index (κ3) is 25.4. The highest BCUT2D eigenvalue weighted by molar-refractivity contribution is 5.72. The van der Waals surface area contributed by atoms with E-state index in [0.717, 1.165) is 70.6 Å². The molecule has 43 heavy (non-hydrogen) atoms. The van der Waals surface area contributed by atoms with Crippen LogP contribution < -0.4 is 5.32 Å². The number of amides is 1. The van der Waals surface area contributed by atoms with Gasteiger partial charge in [-0.2, -0.15) is 0 Å². The summed E-state index contributed by atoms with van der Waals surface area (Å²) < 4.78 is 0. The maximum absolute atomic E-state index is 11.6. The maximum Gasteiger partial charge on any atom is 0.404 e. The van der Waals surface area contributed by atoms with Crippen LogP contribution in [0.15, 0.2) is 0 Å². The molecule has 6 N–H and O–H groups in total. The Balaban J connectivity index is 3.74. The van der Waals surface area contributed by atoms with Gasteiger partial charge in [-0.3, -0.25) is 19.2 Å². The van der Waals surface area contributed by atoms with Crippen LogP contribution in [0.4, 0.5) is 4.79 Å². The standard InChI is InChI=1S/C32H57NO10/c34-28(35)23-22-27(31(40)41)21-16-20-26(30(38)39)18-13-10-8-6-4-2-1-3-5-7-9-12-17-25(29(36)37)19-14-11-15-24-33-32(42)43/h25-27,33H,1-24H2,(H,34,35)(H,36,37)(H,38,39)(H,40,41)(H,42,43). The van der Waals surface area contributed by atoms with Gasteiger partial charge in [0, 0.05) is 13.0 Å². The van der Waals surface area contributed by atoms with Gasteiger partial charge in [0.05, 0.1) is 17.8 Å². The summed E-state index contributed by atoms with van der Waals surface area (Å²) in [5, 5.41) is 47.8. The molecule has 0 aromatic heterocycles. The minimum atomic E-state index is -1.03. The first kappa shape index (κ1) is 40.1. The molecule has 3 unspecified atom stereocenters. The van der Waals surface area contributed by atoms with Gasteiger partial charge in [0.1, 0.15) is 0 Å². The van der Waals surface area contributed by atoms with Crippen LogP contribution in [-0.2, 0) is 19.2 Å². The number of unbranched alkanes of at least 4 members (excludes halogenated alkanes) is 13. The van der Waals surface area contributed by atoms with Crippen LogP contribution in [0.3, 0.4) is 0 Å². The zero-order valence-electron chi connectivity index (χ0n) is 26.0. The van der Waals surface area contributed by atoms with E-state index in [2.05, 4.69) is 5.32 Å². The van der Waals surface area contributed by atoms with E-state index in [-0.39, 0.29) is 18.8 Å². The largest absolute Gasteiger partial charge is 0.481 e. The van der Waals surface area contributed by atoms with Gasteiger partial charge in [-0.25, -0.2) is 4.79 Å². The smallest absolute Gasteiger partial charge is 0.404 e. The highest BCUT2D eigenvalue weighted by Gasteiger charge is 2.21. The summed E-state index contributed by atoms with van der Waals surface area (Å²) in [6.07, 6.45) is 17.4. The molecule has 0 aliphatic carbocycles. The van der Waals surface area contributed by atoms with Gasteiger partial charge in [-0.1, -0.05) is 96.3 Å². The van der Waals surface area contributed by atoms with Crippen molar-refractivity contribution in [2.24, 2.45) is 17.8 Å². The highest BCUT2D eigenvalue weighted by atomic mass is 16.4. The molecule has 11 heteroatoms. The molecule has 0 aromatic carbocycles. The fourth-order valence-electron chi connectivity index (χ4n) is 5.52. The van der Waals surface area contributed by atoms with Crippen LogP contribution in [0.2, 0.25) is 0 Å². The minimum absolute atomic E-state index is 0.0673. The van der Waals surface area contributed by atoms with Crippen molar-refractivity contribution in [3.05, 3.63) is 0 Å². The van der Waals surface area contributed by atoms with Gasteiger partial charge in [0.25, 0.3) is 0 Å². The van der Waals surface area contributed by atoms with Crippen molar-refractivity contribution in [2.75, 3.05) is 6.54 Å². The van der Waals surface area contributed by atoms with Gasteiger partial charge in [-0.15, -0.1) is 0 Å². The molecule has 0 bridgehead atoms. The molecule has 0 heterocycles. The zero-order valence-corrected chi connectivity index (χ0v) is 26.0. The summed E-state index contributed by atoms with van der Waals surface area (Å²) in [4.78, 5) is 55.5. The van der Waals surface area contributed by atoms with E-state index in [0.29, 0.717) is 45.1 Å². The fourth-order valence-corrected chi connectivity index (χ4v) is 5.52. The van der Waals surface area contributed by atoms with E-state index in [1.807, 2.05) is 0 Å². The van der Waals surface area contributed by atoms with Crippen molar-refractivity contribution in [1.82, 2.24) is 5.32 Å². The van der Waals surface area contributed by atoms with E-state index in [1.165, 1.54) is 25.7 Å². The minimum Gasteiger partial charge on any atom is -0.481 e. The van der Waals surface area contributed by atoms with E-state index in [1.54, 1.807) is 0 Å². The van der Waals surface area contributed by atoms with Gasteiger partial charge in [0.15, 0.2) is 0 Å². The summed E-state index contributed by atoms with van der Waals surface area (Å²) in [6, 6.07) is 0. The summed E-state index contributed by atoms with van der Waals surface area (Å²) in [5.41, 5.74) is 0. The molecule has 0 saturated carbocycles. The first-order valence-electron chi connectivity index (χ1n) is 16.4. The Hall–Kier alpha value is -2.85. The molecule has 0 radical (unpaired) electrons. The van der Waals surface area contributed by atoms with Crippen LogP contribution in [0, 0.1) is 17.8 Å². The number of aliphatic carboxylic acids is 4. The van der Waals surface area contributed by atoms with Crippen LogP contribution >= 0.6 is 0 Å². The molecule has 0 spiro atoms. The molecule has 0 saturated heterocycles. The lowest BCUT2D eigenvalue weighted by atomic mass is 9.91. The second-order valence-corrected chi connectivity index (χ2v) is 11.9. The lowest BCUT2D eigenvalue weighted by molar-refractivity contribution is -0.144. The van der Waals surface area contributed by atoms with Crippen molar-refractivity contribution < 1.29 is 49.5 Å². The van der Waals surface area contributed by atoms with Crippen LogP contribution in [0.25, 0.3) is 0 Å². The van der Waals surface area contributed by atoms with Crippen molar-refractivity contribution in [3.63, 3.8) is 0 Å². The van der Waals surface area contributed by atoms with Crippen LogP contribution in [0.1, 0.15) is 148 Å². The van der Waals surface area contributed by atoms with Crippen molar-refractivity contribution in [2.45, 2.75) is 148 Å². The Morgan fingerprint density at radius 1 is 0.395 bits per heavy atom. The molecule has 1 amide bonds. The third-order valence-electron chi connectivity index (χ3n) is 8.22. The second-order valence-electron chi connectivity index (χ2n) is 11.9. The second kappa shape index (κ2) is 26.8. The predicted octanol–water partition coefficient (Wildman–Crippen LogP) is 7.41. The number of nitrogens with one attached hydrogen (secondary N) is 1. The Bertz CT molecular complexity index is 788. The van der Waals surface area contributed by atoms with Crippen molar-refractivity contribution >= 4 is 30.0 Å². The Kier molecular flexibility index (Phi) is 25.0. The first-order chi connectivity index (χ1) is 20.5. The number of carbonyl (C=O) groups is 5. The van der Waals surface area contributed by atoms with Crippen LogP contribution in [0.5, 0.6) is 0 Å². The molecule has 0 aromatic rings. The quantitative estimate of drug-likeness (QED) is 0.0427. The normalized spacial score (nSPS) is 13.2. The predicted molar refractivity (Wildman–Crippen MR) is 163 cm³/mol. The zero-order chi connectivity index (χ0) is 32.3. The van der Waals surface area contributed by atoms with E-state index < -0.39 is 41.8 Å². The Labute approximate surface area is 256 Å². The average molecular weight is 616 g/mol. The molecule has 11 nitrogen and oxygen atoms in total. The van der Waals surface area contributed by atoms with Gasteiger partial charge in [0.2, 0.25) is 0 Å². The number of rotatable bonds is 31. The SMILES string of the molecule is O=C(O)CCC(CCCC(CCCCCCCCCCCCCCC(CCCCCNC(=O)O)C(=O)O)C(=O)O)C(=O)O. The van der Waals surface area contributed by atoms with Crippen LogP contribution in [-0.4, -0.2) is 62.0 Å². The first-order valence-corrected chi connectivity index (χ1v) is 16.4. The molecule has 0 aliphatic heterocycles.